The van der Waals surface area contributed by atoms with Gasteiger partial charge in [0.2, 0.25) is 10.0 Å². The van der Waals surface area contributed by atoms with E-state index in [-0.39, 0.29) is 24.0 Å². The third-order valence-electron chi connectivity index (χ3n) is 3.76. The van der Waals surface area contributed by atoms with Gasteiger partial charge in [-0.25, -0.2) is 18.4 Å². The molecule has 1 unspecified atom stereocenters. The fourth-order valence-electron chi connectivity index (χ4n) is 2.51. The Balaban J connectivity index is 1.48. The Morgan fingerprint density at radius 1 is 1.32 bits per heavy atom. The molecule has 2 aliphatic rings. The molecule has 3 heterocycles. The predicted octanol–water partition coefficient (Wildman–Crippen LogP) is -0.800. The Morgan fingerprint density at radius 3 is 2.73 bits per heavy atom. The predicted molar refractivity (Wildman–Crippen MR) is 79.0 cm³/mol. The first-order valence-electron chi connectivity index (χ1n) is 7.24. The number of hydrogen-bond acceptors (Lipinski definition) is 7. The summed E-state index contributed by atoms with van der Waals surface area (Å²) in [6.45, 7) is 2.73. The molecule has 0 N–H and O–H groups in total. The van der Waals surface area contributed by atoms with Crippen molar-refractivity contribution < 1.29 is 17.9 Å². The maximum Gasteiger partial charge on any atom is 0.316 e. The molecule has 0 aliphatic carbocycles. The number of ether oxygens (including phenoxy) is 2. The van der Waals surface area contributed by atoms with Gasteiger partial charge in [-0.3, -0.25) is 0 Å². The number of morpholine rings is 1. The molecular formula is C13H20N4O4S. The molecule has 1 aromatic rings. The highest BCUT2D eigenvalue weighted by Gasteiger charge is 2.39. The molecule has 1 aromatic heterocycles. The van der Waals surface area contributed by atoms with Gasteiger partial charge in [-0.2, -0.15) is 4.31 Å². The molecule has 0 aromatic carbocycles. The van der Waals surface area contributed by atoms with Gasteiger partial charge in [0.25, 0.3) is 0 Å². The van der Waals surface area contributed by atoms with Crippen molar-refractivity contribution in [3.8, 4) is 6.01 Å². The third-order valence-corrected chi connectivity index (χ3v) is 5.64. The van der Waals surface area contributed by atoms with Crippen molar-refractivity contribution in [2.45, 2.75) is 12.2 Å². The largest absolute Gasteiger partial charge is 0.457 e. The standard InChI is InChI=1S/C13H20N4O4S/c1-16-5-6-20-12(7-16)10-22(18,19)17-8-11(9-17)21-13-14-3-2-4-15-13/h2-4,11-12H,5-10H2,1H3. The van der Waals surface area contributed by atoms with Gasteiger partial charge in [-0.05, 0) is 13.1 Å². The average molecular weight is 328 g/mol. The lowest BCUT2D eigenvalue weighted by Gasteiger charge is -2.38. The first kappa shape index (κ1) is 15.6. The number of aromatic nitrogens is 2. The van der Waals surface area contributed by atoms with Crippen molar-refractivity contribution in [2.75, 3.05) is 45.6 Å². The van der Waals surface area contributed by atoms with E-state index in [9.17, 15) is 8.42 Å². The molecule has 2 aliphatic heterocycles. The van der Waals surface area contributed by atoms with Crippen LogP contribution in [0.1, 0.15) is 0 Å². The van der Waals surface area contributed by atoms with E-state index in [1.54, 1.807) is 18.5 Å². The molecule has 2 fully saturated rings. The molecular weight excluding hydrogens is 308 g/mol. The molecule has 122 valence electrons. The van der Waals surface area contributed by atoms with Crippen molar-refractivity contribution in [2.24, 2.45) is 0 Å². The molecule has 3 rings (SSSR count). The van der Waals surface area contributed by atoms with Crippen LogP contribution in [0, 0.1) is 0 Å². The molecule has 0 spiro atoms. The Bertz CT molecular complexity index is 591. The number of hydrogen-bond donors (Lipinski definition) is 0. The molecule has 22 heavy (non-hydrogen) atoms. The third kappa shape index (κ3) is 3.72. The summed E-state index contributed by atoms with van der Waals surface area (Å²) in [6, 6.07) is 1.98. The van der Waals surface area contributed by atoms with Crippen LogP contribution in [0.3, 0.4) is 0 Å². The summed E-state index contributed by atoms with van der Waals surface area (Å²) in [7, 11) is -1.34. The van der Waals surface area contributed by atoms with Gasteiger partial charge >= 0.3 is 6.01 Å². The highest BCUT2D eigenvalue weighted by Crippen LogP contribution is 2.19. The van der Waals surface area contributed by atoms with E-state index in [0.717, 1.165) is 6.54 Å². The van der Waals surface area contributed by atoms with Crippen molar-refractivity contribution in [3.05, 3.63) is 18.5 Å². The minimum atomic E-state index is -3.31. The van der Waals surface area contributed by atoms with Crippen LogP contribution in [-0.4, -0.2) is 85.4 Å². The van der Waals surface area contributed by atoms with E-state index in [4.69, 9.17) is 9.47 Å². The quantitative estimate of drug-likeness (QED) is 0.699. The SMILES string of the molecule is CN1CCOC(CS(=O)(=O)N2CC(Oc3ncccn3)C2)C1. The fraction of sp³-hybridized carbons (Fsp3) is 0.692. The normalized spacial score (nSPS) is 24.9. The molecule has 1 atom stereocenters. The van der Waals surface area contributed by atoms with Crippen molar-refractivity contribution >= 4 is 10.0 Å². The van der Waals surface area contributed by atoms with Crippen molar-refractivity contribution in [3.63, 3.8) is 0 Å². The molecule has 0 amide bonds. The maximum absolute atomic E-state index is 12.3. The summed E-state index contributed by atoms with van der Waals surface area (Å²) in [6.07, 6.45) is 2.73. The van der Waals surface area contributed by atoms with Crippen LogP contribution in [0.4, 0.5) is 0 Å². The van der Waals surface area contributed by atoms with E-state index in [1.165, 1.54) is 4.31 Å². The van der Waals surface area contributed by atoms with Gasteiger partial charge in [-0.1, -0.05) is 0 Å². The molecule has 0 bridgehead atoms. The highest BCUT2D eigenvalue weighted by atomic mass is 32.2. The van der Waals surface area contributed by atoms with Gasteiger partial charge in [0.1, 0.15) is 6.10 Å². The van der Waals surface area contributed by atoms with Gasteiger partial charge < -0.3 is 14.4 Å². The van der Waals surface area contributed by atoms with Crippen molar-refractivity contribution in [1.82, 2.24) is 19.2 Å². The van der Waals surface area contributed by atoms with Crippen molar-refractivity contribution in [1.29, 1.82) is 0 Å². The van der Waals surface area contributed by atoms with Crippen LogP contribution >= 0.6 is 0 Å². The Hall–Kier alpha value is -1.29. The Morgan fingerprint density at radius 2 is 2.05 bits per heavy atom. The van der Waals surface area contributed by atoms with Crippen LogP contribution in [-0.2, 0) is 14.8 Å². The van der Waals surface area contributed by atoms with Crippen LogP contribution in [0.15, 0.2) is 18.5 Å². The molecule has 0 saturated carbocycles. The van der Waals surface area contributed by atoms with E-state index in [2.05, 4.69) is 14.9 Å². The summed E-state index contributed by atoms with van der Waals surface area (Å²) in [4.78, 5) is 10.0. The fourth-order valence-corrected chi connectivity index (χ4v) is 4.17. The van der Waals surface area contributed by atoms with Crippen LogP contribution in [0.5, 0.6) is 6.01 Å². The van der Waals surface area contributed by atoms with Crippen LogP contribution in [0.2, 0.25) is 0 Å². The van der Waals surface area contributed by atoms with Crippen LogP contribution in [0.25, 0.3) is 0 Å². The summed E-state index contributed by atoms with van der Waals surface area (Å²) in [5.41, 5.74) is 0. The molecule has 9 heteroatoms. The topological polar surface area (TPSA) is 84.9 Å². The number of likely N-dealkylation sites (N-methyl/N-ethyl adjacent to an activating group) is 1. The average Bonchev–Trinajstić information content (AvgIpc) is 2.43. The minimum Gasteiger partial charge on any atom is -0.457 e. The number of nitrogens with zero attached hydrogens (tertiary/aromatic N) is 4. The molecule has 0 radical (unpaired) electrons. The van der Waals surface area contributed by atoms with E-state index >= 15 is 0 Å². The van der Waals surface area contributed by atoms with Crippen LogP contribution < -0.4 is 4.74 Å². The van der Waals surface area contributed by atoms with E-state index < -0.39 is 10.0 Å². The van der Waals surface area contributed by atoms with Gasteiger partial charge in [0.05, 0.1) is 31.6 Å². The Kier molecular flexibility index (Phi) is 4.57. The number of rotatable bonds is 5. The lowest BCUT2D eigenvalue weighted by molar-refractivity contribution is -0.00829. The summed E-state index contributed by atoms with van der Waals surface area (Å²) < 4.78 is 37.1. The highest BCUT2D eigenvalue weighted by molar-refractivity contribution is 7.89. The van der Waals surface area contributed by atoms with Gasteiger partial charge in [0, 0.05) is 25.5 Å². The second-order valence-corrected chi connectivity index (χ2v) is 7.64. The lowest BCUT2D eigenvalue weighted by atomic mass is 10.2. The first-order valence-corrected chi connectivity index (χ1v) is 8.85. The number of sulfonamides is 1. The lowest BCUT2D eigenvalue weighted by Crippen LogP contribution is -2.58. The second kappa shape index (κ2) is 6.45. The minimum absolute atomic E-state index is 0.0197. The Labute approximate surface area is 130 Å². The van der Waals surface area contributed by atoms with Gasteiger partial charge in [0.15, 0.2) is 0 Å². The first-order chi connectivity index (χ1) is 10.5. The smallest absolute Gasteiger partial charge is 0.316 e. The maximum atomic E-state index is 12.3. The monoisotopic (exact) mass is 328 g/mol. The molecule has 8 nitrogen and oxygen atoms in total. The zero-order valence-electron chi connectivity index (χ0n) is 12.5. The van der Waals surface area contributed by atoms with Gasteiger partial charge in [-0.15, -0.1) is 0 Å². The zero-order chi connectivity index (χ0) is 15.6. The zero-order valence-corrected chi connectivity index (χ0v) is 13.3. The molecule has 2 saturated heterocycles. The van der Waals surface area contributed by atoms with E-state index in [0.29, 0.717) is 26.2 Å². The van der Waals surface area contributed by atoms with E-state index in [1.807, 2.05) is 7.05 Å². The summed E-state index contributed by atoms with van der Waals surface area (Å²) in [5, 5.41) is 0. The second-order valence-electron chi connectivity index (χ2n) is 5.62. The summed E-state index contributed by atoms with van der Waals surface area (Å²) >= 11 is 0. The summed E-state index contributed by atoms with van der Waals surface area (Å²) in [5.74, 6) is 0.0197.